The summed E-state index contributed by atoms with van der Waals surface area (Å²) in [5, 5.41) is 12.6. The quantitative estimate of drug-likeness (QED) is 0.655. The van der Waals surface area contributed by atoms with Gasteiger partial charge < -0.3 is 20.1 Å². The summed E-state index contributed by atoms with van der Waals surface area (Å²) in [6.45, 7) is 1.03. The van der Waals surface area contributed by atoms with Crippen LogP contribution in [0.1, 0.15) is 55.6 Å². The summed E-state index contributed by atoms with van der Waals surface area (Å²) in [6, 6.07) is 16.4. The topological polar surface area (TPSA) is 95.9 Å². The number of aliphatic carboxylic acids is 1. The third-order valence-corrected chi connectivity index (χ3v) is 8.70. The van der Waals surface area contributed by atoms with Crippen LogP contribution in [0.25, 0.3) is 11.1 Å². The average molecular weight is 475 g/mol. The van der Waals surface area contributed by atoms with Gasteiger partial charge in [-0.1, -0.05) is 55.0 Å². The molecule has 3 fully saturated rings. The minimum Gasteiger partial charge on any atom is -0.481 e. The molecule has 0 aromatic heterocycles. The molecule has 1 spiro atoms. The van der Waals surface area contributed by atoms with Crippen LogP contribution in [0.3, 0.4) is 0 Å². The standard InChI is InChI=1S/C28H30N2O5/c31-24(30-15-23(25(32)33)27(17-30)10-5-11-27)14-28(12-13-28)29-26(34)35-16-22-20-8-3-1-6-18(20)19-7-2-4-9-21(19)22/h1-4,6-9,22-23H,5,10-17H2,(H,29,34)(H,32,33). The summed E-state index contributed by atoms with van der Waals surface area (Å²) in [6.07, 6.45) is 3.92. The second-order valence-electron chi connectivity index (χ2n) is 10.8. The molecule has 4 aliphatic rings. The normalized spacial score (nSPS) is 22.7. The van der Waals surface area contributed by atoms with E-state index in [1.165, 1.54) is 11.1 Å². The minimum atomic E-state index is -0.808. The number of nitrogens with zero attached hydrogens (tertiary/aromatic N) is 1. The molecule has 1 heterocycles. The van der Waals surface area contributed by atoms with Crippen molar-refractivity contribution < 1.29 is 24.2 Å². The molecule has 2 aromatic carbocycles. The van der Waals surface area contributed by atoms with Crippen molar-refractivity contribution in [1.82, 2.24) is 10.2 Å². The van der Waals surface area contributed by atoms with E-state index in [1.54, 1.807) is 4.90 Å². The molecule has 7 heteroatoms. The maximum atomic E-state index is 13.1. The Morgan fingerprint density at radius 3 is 2.11 bits per heavy atom. The molecule has 2 N–H and O–H groups in total. The molecule has 1 unspecified atom stereocenters. The Morgan fingerprint density at radius 1 is 0.971 bits per heavy atom. The number of benzene rings is 2. The number of hydrogen-bond donors (Lipinski definition) is 2. The van der Waals surface area contributed by atoms with E-state index in [1.807, 2.05) is 24.3 Å². The van der Waals surface area contributed by atoms with Gasteiger partial charge >= 0.3 is 12.1 Å². The summed E-state index contributed by atoms with van der Waals surface area (Å²) >= 11 is 0. The second kappa shape index (κ2) is 8.11. The van der Waals surface area contributed by atoms with Crippen LogP contribution in [0, 0.1) is 11.3 Å². The van der Waals surface area contributed by atoms with Crippen molar-refractivity contribution in [2.24, 2.45) is 11.3 Å². The molecule has 6 rings (SSSR count). The Bertz CT molecular complexity index is 1150. The Hall–Kier alpha value is -3.35. The maximum absolute atomic E-state index is 13.1. The van der Waals surface area contributed by atoms with Gasteiger partial charge in [-0.05, 0) is 47.9 Å². The van der Waals surface area contributed by atoms with Crippen molar-refractivity contribution in [2.75, 3.05) is 19.7 Å². The fraction of sp³-hybridized carbons (Fsp3) is 0.464. The Balaban J connectivity index is 1.07. The highest BCUT2D eigenvalue weighted by atomic mass is 16.5. The summed E-state index contributed by atoms with van der Waals surface area (Å²) in [7, 11) is 0. The van der Waals surface area contributed by atoms with E-state index in [9.17, 15) is 19.5 Å². The number of alkyl carbamates (subject to hydrolysis) is 1. The van der Waals surface area contributed by atoms with E-state index in [0.717, 1.165) is 43.2 Å². The molecule has 2 amide bonds. The van der Waals surface area contributed by atoms with E-state index in [0.29, 0.717) is 6.54 Å². The van der Waals surface area contributed by atoms with Crippen molar-refractivity contribution in [3.63, 3.8) is 0 Å². The molecular weight excluding hydrogens is 444 g/mol. The van der Waals surface area contributed by atoms with Gasteiger partial charge in [0.1, 0.15) is 6.61 Å². The van der Waals surface area contributed by atoms with E-state index in [-0.39, 0.29) is 36.8 Å². The van der Waals surface area contributed by atoms with Gasteiger partial charge in [0.2, 0.25) is 5.91 Å². The van der Waals surface area contributed by atoms with Crippen molar-refractivity contribution in [3.8, 4) is 11.1 Å². The van der Waals surface area contributed by atoms with Crippen molar-refractivity contribution in [3.05, 3.63) is 59.7 Å². The fourth-order valence-electron chi connectivity index (χ4n) is 6.39. The largest absolute Gasteiger partial charge is 0.481 e. The van der Waals surface area contributed by atoms with E-state index >= 15 is 0 Å². The first-order valence-electron chi connectivity index (χ1n) is 12.5. The van der Waals surface area contributed by atoms with Crippen LogP contribution in [0.15, 0.2) is 48.5 Å². The lowest BCUT2D eigenvalue weighted by molar-refractivity contribution is -0.146. The van der Waals surface area contributed by atoms with Gasteiger partial charge in [-0.3, -0.25) is 9.59 Å². The van der Waals surface area contributed by atoms with Crippen molar-refractivity contribution >= 4 is 18.0 Å². The number of carbonyl (C=O) groups excluding carboxylic acids is 2. The van der Waals surface area contributed by atoms with Crippen LogP contribution >= 0.6 is 0 Å². The number of carboxylic acids is 1. The third kappa shape index (κ3) is 3.77. The highest BCUT2D eigenvalue weighted by Gasteiger charge is 2.56. The number of rotatable bonds is 6. The van der Waals surface area contributed by atoms with Crippen molar-refractivity contribution in [2.45, 2.75) is 50.0 Å². The lowest BCUT2D eigenvalue weighted by Gasteiger charge is -2.41. The SMILES string of the molecule is O=C(NC1(CC(=O)N2CC(C(=O)O)C3(CCC3)C2)CC1)OCC1c2ccccc2-c2ccccc21. The molecule has 0 bridgehead atoms. The summed E-state index contributed by atoms with van der Waals surface area (Å²) in [4.78, 5) is 39.3. The van der Waals surface area contributed by atoms with Gasteiger partial charge in [0, 0.05) is 24.4 Å². The zero-order valence-corrected chi connectivity index (χ0v) is 19.7. The van der Waals surface area contributed by atoms with E-state index in [4.69, 9.17) is 4.74 Å². The molecule has 0 radical (unpaired) electrons. The highest BCUT2D eigenvalue weighted by molar-refractivity contribution is 5.82. The van der Waals surface area contributed by atoms with Crippen LogP contribution in [-0.4, -0.2) is 53.2 Å². The van der Waals surface area contributed by atoms with Crippen LogP contribution < -0.4 is 5.32 Å². The molecule has 35 heavy (non-hydrogen) atoms. The molecule has 2 aromatic rings. The van der Waals surface area contributed by atoms with Crippen molar-refractivity contribution in [1.29, 1.82) is 0 Å². The zero-order valence-electron chi connectivity index (χ0n) is 19.7. The number of hydrogen-bond acceptors (Lipinski definition) is 4. The summed E-state index contributed by atoms with van der Waals surface area (Å²) < 4.78 is 5.68. The summed E-state index contributed by atoms with van der Waals surface area (Å²) in [5.74, 6) is -1.37. The molecule has 3 aliphatic carbocycles. The number of carboxylic acid groups (broad SMARTS) is 1. The number of ether oxygens (including phenoxy) is 1. The Kier molecular flexibility index (Phi) is 5.13. The number of fused-ring (bicyclic) bond motifs is 3. The van der Waals surface area contributed by atoms with Gasteiger partial charge in [0.05, 0.1) is 17.9 Å². The second-order valence-corrected chi connectivity index (χ2v) is 10.8. The first-order valence-corrected chi connectivity index (χ1v) is 12.5. The Morgan fingerprint density at radius 2 is 1.60 bits per heavy atom. The Labute approximate surface area is 204 Å². The van der Waals surface area contributed by atoms with Gasteiger partial charge in [-0.25, -0.2) is 4.79 Å². The molecule has 182 valence electrons. The monoisotopic (exact) mass is 474 g/mol. The zero-order chi connectivity index (χ0) is 24.2. The van der Waals surface area contributed by atoms with Gasteiger partial charge in [-0.2, -0.15) is 0 Å². The third-order valence-electron chi connectivity index (χ3n) is 8.70. The highest BCUT2D eigenvalue weighted by Crippen LogP contribution is 2.52. The predicted molar refractivity (Wildman–Crippen MR) is 129 cm³/mol. The maximum Gasteiger partial charge on any atom is 0.407 e. The smallest absolute Gasteiger partial charge is 0.407 e. The number of amides is 2. The molecule has 1 atom stereocenters. The molecule has 1 saturated heterocycles. The minimum absolute atomic E-state index is 0.0128. The average Bonchev–Trinajstić information content (AvgIpc) is 3.30. The predicted octanol–water partition coefficient (Wildman–Crippen LogP) is 4.16. The van der Waals surface area contributed by atoms with Crippen LogP contribution in [-0.2, 0) is 14.3 Å². The van der Waals surface area contributed by atoms with Gasteiger partial charge in [-0.15, -0.1) is 0 Å². The van der Waals surface area contributed by atoms with Crippen LogP contribution in [0.5, 0.6) is 0 Å². The fourth-order valence-corrected chi connectivity index (χ4v) is 6.39. The number of likely N-dealkylation sites (tertiary alicyclic amines) is 1. The molecule has 7 nitrogen and oxygen atoms in total. The lowest BCUT2D eigenvalue weighted by Crippen LogP contribution is -2.43. The first kappa shape index (κ1) is 22.1. The van der Waals surface area contributed by atoms with Crippen LogP contribution in [0.2, 0.25) is 0 Å². The summed E-state index contributed by atoms with van der Waals surface area (Å²) in [5.41, 5.74) is 3.84. The number of carbonyl (C=O) groups is 3. The van der Waals surface area contributed by atoms with Crippen LogP contribution in [0.4, 0.5) is 4.79 Å². The van der Waals surface area contributed by atoms with Gasteiger partial charge in [0.15, 0.2) is 0 Å². The van der Waals surface area contributed by atoms with E-state index in [2.05, 4.69) is 29.6 Å². The number of nitrogens with one attached hydrogen (secondary N) is 1. The van der Waals surface area contributed by atoms with E-state index < -0.39 is 23.5 Å². The first-order chi connectivity index (χ1) is 16.9. The molecule has 1 aliphatic heterocycles. The molecule has 2 saturated carbocycles. The van der Waals surface area contributed by atoms with Gasteiger partial charge in [0.25, 0.3) is 0 Å². The lowest BCUT2D eigenvalue weighted by atomic mass is 9.63. The molecular formula is C28H30N2O5.